The zero-order valence-corrected chi connectivity index (χ0v) is 17.3. The Morgan fingerprint density at radius 3 is 2.69 bits per heavy atom. The Labute approximate surface area is 185 Å². The number of nitrogens with zero attached hydrogens (tertiary/aromatic N) is 4. The van der Waals surface area contributed by atoms with Crippen molar-refractivity contribution in [3.05, 3.63) is 114 Å². The van der Waals surface area contributed by atoms with Crippen LogP contribution in [-0.4, -0.2) is 20.7 Å². The van der Waals surface area contributed by atoms with Crippen LogP contribution in [0.25, 0.3) is 0 Å². The van der Waals surface area contributed by atoms with Crippen molar-refractivity contribution in [1.29, 1.82) is 5.26 Å². The number of hydrogen-bond donors (Lipinski definition) is 1. The number of nitriles is 1. The van der Waals surface area contributed by atoms with Gasteiger partial charge in [-0.3, -0.25) is 9.48 Å². The number of carbonyl (C=O) groups excluding carboxylic acids is 1. The molecule has 3 aromatic carbocycles. The van der Waals surface area contributed by atoms with Crippen molar-refractivity contribution < 1.29 is 9.53 Å². The maximum atomic E-state index is 13.0. The summed E-state index contributed by atoms with van der Waals surface area (Å²) in [5.41, 5.74) is 2.91. The molecular weight excluding hydrogens is 402 g/mol. The summed E-state index contributed by atoms with van der Waals surface area (Å²) in [6.07, 6.45) is 3.10. The molecule has 0 fully saturated rings. The van der Waals surface area contributed by atoms with Gasteiger partial charge in [-0.1, -0.05) is 48.5 Å². The molecule has 0 radical (unpaired) electrons. The highest BCUT2D eigenvalue weighted by Gasteiger charge is 2.17. The predicted octanol–water partition coefficient (Wildman–Crippen LogP) is 3.90. The van der Waals surface area contributed by atoms with Gasteiger partial charge in [-0.15, -0.1) is 0 Å². The predicted molar refractivity (Wildman–Crippen MR) is 119 cm³/mol. The number of benzene rings is 3. The van der Waals surface area contributed by atoms with E-state index in [-0.39, 0.29) is 18.6 Å². The van der Waals surface area contributed by atoms with Gasteiger partial charge in [0.1, 0.15) is 25.0 Å². The number of ether oxygens (including phenoxy) is 1. The molecule has 0 saturated carbocycles. The summed E-state index contributed by atoms with van der Waals surface area (Å²) in [5.74, 6) is 0.420. The Hall–Kier alpha value is -4.44. The monoisotopic (exact) mass is 423 g/mol. The molecule has 0 aliphatic carbocycles. The smallest absolute Gasteiger partial charge is 0.251 e. The maximum absolute atomic E-state index is 13.0. The van der Waals surface area contributed by atoms with Crippen molar-refractivity contribution >= 4 is 5.91 Å². The average Bonchev–Trinajstić information content (AvgIpc) is 3.36. The highest BCUT2D eigenvalue weighted by molar-refractivity contribution is 5.94. The standard InChI is InChI=1S/C25H21N5O2/c26-14-19-6-5-11-23(13-19)32-16-20-7-4-10-22(12-20)25(31)29-24(15-30-18-27-17-28-30)21-8-2-1-3-9-21/h1-13,17-18,24H,15-16H2,(H,29,31). The molecule has 0 saturated heterocycles. The topological polar surface area (TPSA) is 92.8 Å². The molecule has 32 heavy (non-hydrogen) atoms. The Bertz CT molecular complexity index is 1220. The van der Waals surface area contributed by atoms with Crippen LogP contribution in [0.1, 0.15) is 33.1 Å². The summed E-state index contributed by atoms with van der Waals surface area (Å²) >= 11 is 0. The molecule has 4 aromatic rings. The fourth-order valence-corrected chi connectivity index (χ4v) is 3.30. The van der Waals surface area contributed by atoms with Crippen LogP contribution in [0, 0.1) is 11.3 Å². The van der Waals surface area contributed by atoms with Gasteiger partial charge in [-0.2, -0.15) is 10.4 Å². The van der Waals surface area contributed by atoms with Gasteiger partial charge in [0.15, 0.2) is 0 Å². The molecule has 158 valence electrons. The van der Waals surface area contributed by atoms with Gasteiger partial charge >= 0.3 is 0 Å². The molecule has 0 spiro atoms. The van der Waals surface area contributed by atoms with Gasteiger partial charge in [-0.05, 0) is 41.5 Å². The maximum Gasteiger partial charge on any atom is 0.251 e. The van der Waals surface area contributed by atoms with E-state index in [0.717, 1.165) is 11.1 Å². The molecule has 1 amide bonds. The van der Waals surface area contributed by atoms with E-state index in [4.69, 9.17) is 10.00 Å². The zero-order chi connectivity index (χ0) is 22.2. The lowest BCUT2D eigenvalue weighted by atomic mass is 10.1. The Kier molecular flexibility index (Phi) is 6.54. The third-order valence-corrected chi connectivity index (χ3v) is 4.90. The highest BCUT2D eigenvalue weighted by atomic mass is 16.5. The minimum atomic E-state index is -0.265. The second-order valence-corrected chi connectivity index (χ2v) is 7.18. The van der Waals surface area contributed by atoms with Gasteiger partial charge in [0.05, 0.1) is 24.2 Å². The molecule has 0 aliphatic heterocycles. The molecule has 4 rings (SSSR count). The lowest BCUT2D eigenvalue weighted by molar-refractivity contribution is 0.0931. The van der Waals surface area contributed by atoms with Gasteiger partial charge < -0.3 is 10.1 Å². The van der Waals surface area contributed by atoms with E-state index < -0.39 is 0 Å². The van der Waals surface area contributed by atoms with Crippen molar-refractivity contribution in [2.45, 2.75) is 19.2 Å². The SMILES string of the molecule is N#Cc1cccc(OCc2cccc(C(=O)NC(Cn3cncn3)c3ccccc3)c2)c1. The first kappa shape index (κ1) is 20.8. The van der Waals surface area contributed by atoms with Crippen LogP contribution in [0.4, 0.5) is 0 Å². The molecule has 0 bridgehead atoms. The van der Waals surface area contributed by atoms with Crippen LogP contribution in [0.3, 0.4) is 0 Å². The van der Waals surface area contributed by atoms with Gasteiger partial charge in [-0.25, -0.2) is 4.98 Å². The first-order valence-corrected chi connectivity index (χ1v) is 10.1. The summed E-state index contributed by atoms with van der Waals surface area (Å²) in [6, 6.07) is 25.9. The third-order valence-electron chi connectivity index (χ3n) is 4.90. The molecule has 0 aliphatic rings. The third kappa shape index (κ3) is 5.37. The molecule has 1 N–H and O–H groups in total. The van der Waals surface area contributed by atoms with Gasteiger partial charge in [0, 0.05) is 5.56 Å². The van der Waals surface area contributed by atoms with E-state index in [0.29, 0.717) is 23.4 Å². The average molecular weight is 423 g/mol. The molecular formula is C25H21N5O2. The lowest BCUT2D eigenvalue weighted by Crippen LogP contribution is -2.31. The number of carbonyl (C=O) groups is 1. The van der Waals surface area contributed by atoms with E-state index in [1.54, 1.807) is 47.4 Å². The van der Waals surface area contributed by atoms with Crippen LogP contribution in [0.5, 0.6) is 5.75 Å². The zero-order valence-electron chi connectivity index (χ0n) is 17.3. The van der Waals surface area contributed by atoms with Crippen LogP contribution >= 0.6 is 0 Å². The van der Waals surface area contributed by atoms with E-state index >= 15 is 0 Å². The van der Waals surface area contributed by atoms with Crippen LogP contribution in [-0.2, 0) is 13.2 Å². The van der Waals surface area contributed by atoms with Crippen molar-refractivity contribution in [1.82, 2.24) is 20.1 Å². The molecule has 7 nitrogen and oxygen atoms in total. The summed E-state index contributed by atoms with van der Waals surface area (Å²) in [7, 11) is 0. The van der Waals surface area contributed by atoms with E-state index in [9.17, 15) is 4.79 Å². The second kappa shape index (κ2) is 10.0. The first-order chi connectivity index (χ1) is 15.7. The number of hydrogen-bond acceptors (Lipinski definition) is 5. The summed E-state index contributed by atoms with van der Waals surface area (Å²) in [4.78, 5) is 17.0. The molecule has 1 atom stereocenters. The molecule has 7 heteroatoms. The minimum Gasteiger partial charge on any atom is -0.489 e. The summed E-state index contributed by atoms with van der Waals surface area (Å²) in [5, 5.41) is 16.3. The van der Waals surface area contributed by atoms with Crippen LogP contribution in [0.15, 0.2) is 91.5 Å². The molecule has 1 aromatic heterocycles. The quantitative estimate of drug-likeness (QED) is 0.464. The van der Waals surface area contributed by atoms with Crippen molar-refractivity contribution in [2.75, 3.05) is 0 Å². The first-order valence-electron chi connectivity index (χ1n) is 10.1. The summed E-state index contributed by atoms with van der Waals surface area (Å²) in [6.45, 7) is 0.755. The highest BCUT2D eigenvalue weighted by Crippen LogP contribution is 2.18. The molecule has 1 heterocycles. The fourth-order valence-electron chi connectivity index (χ4n) is 3.30. The number of nitrogens with one attached hydrogen (secondary N) is 1. The number of amides is 1. The molecule has 1 unspecified atom stereocenters. The summed E-state index contributed by atoms with van der Waals surface area (Å²) < 4.78 is 7.48. The lowest BCUT2D eigenvalue weighted by Gasteiger charge is -2.19. The van der Waals surface area contributed by atoms with Gasteiger partial charge in [0.25, 0.3) is 5.91 Å². The van der Waals surface area contributed by atoms with Crippen LogP contribution < -0.4 is 10.1 Å². The number of aromatic nitrogens is 3. The van der Waals surface area contributed by atoms with E-state index in [1.165, 1.54) is 6.33 Å². The van der Waals surface area contributed by atoms with Crippen molar-refractivity contribution in [3.8, 4) is 11.8 Å². The van der Waals surface area contributed by atoms with Crippen LogP contribution in [0.2, 0.25) is 0 Å². The van der Waals surface area contributed by atoms with E-state index in [1.807, 2.05) is 42.5 Å². The minimum absolute atomic E-state index is 0.188. The second-order valence-electron chi connectivity index (χ2n) is 7.18. The number of rotatable bonds is 8. The Morgan fingerprint density at radius 1 is 1.06 bits per heavy atom. The van der Waals surface area contributed by atoms with Crippen molar-refractivity contribution in [2.24, 2.45) is 0 Å². The Morgan fingerprint density at radius 2 is 1.91 bits per heavy atom. The van der Waals surface area contributed by atoms with Gasteiger partial charge in [0.2, 0.25) is 0 Å². The largest absolute Gasteiger partial charge is 0.489 e. The van der Waals surface area contributed by atoms with Crippen molar-refractivity contribution in [3.63, 3.8) is 0 Å². The fraction of sp³-hybridized carbons (Fsp3) is 0.120. The van der Waals surface area contributed by atoms with E-state index in [2.05, 4.69) is 21.5 Å². The Balaban J connectivity index is 1.46. The normalized spacial score (nSPS) is 11.3.